The first-order valence-corrected chi connectivity index (χ1v) is 6.72. The average Bonchev–Trinajstić information content (AvgIpc) is 2.85. The van der Waals surface area contributed by atoms with Crippen LogP contribution >= 0.6 is 11.3 Å². The monoisotopic (exact) mass is 267 g/mol. The van der Waals surface area contributed by atoms with Crippen LogP contribution in [0.25, 0.3) is 0 Å². The van der Waals surface area contributed by atoms with Crippen LogP contribution < -0.4 is 4.90 Å². The van der Waals surface area contributed by atoms with Crippen molar-refractivity contribution in [2.45, 2.75) is 26.2 Å². The minimum Gasteiger partial charge on any atom is -0.469 e. The van der Waals surface area contributed by atoms with E-state index in [1.54, 1.807) is 11.3 Å². The molecule has 0 fully saturated rings. The van der Waals surface area contributed by atoms with Crippen molar-refractivity contribution >= 4 is 22.4 Å². The lowest BCUT2D eigenvalue weighted by molar-refractivity contribution is -0.140. The highest BCUT2D eigenvalue weighted by atomic mass is 32.1. The fourth-order valence-corrected chi connectivity index (χ4v) is 2.41. The second-order valence-corrected chi connectivity index (χ2v) is 4.52. The average molecular weight is 267 g/mol. The number of hydrogen-bond donors (Lipinski definition) is 0. The molecule has 0 aliphatic rings. The minimum atomic E-state index is -0.221. The van der Waals surface area contributed by atoms with Gasteiger partial charge in [-0.05, 0) is 6.92 Å². The van der Waals surface area contributed by atoms with E-state index in [1.807, 2.05) is 12.3 Å². The summed E-state index contributed by atoms with van der Waals surface area (Å²) in [6.45, 7) is 3.55. The lowest BCUT2D eigenvalue weighted by atomic mass is 10.2. The maximum Gasteiger partial charge on any atom is 0.305 e. The summed E-state index contributed by atoms with van der Waals surface area (Å²) < 4.78 is 4.59. The molecule has 0 saturated heterocycles. The Kier molecular flexibility index (Phi) is 6.15. The van der Waals surface area contributed by atoms with E-state index in [4.69, 9.17) is 5.26 Å². The molecule has 5 nitrogen and oxygen atoms in total. The summed E-state index contributed by atoms with van der Waals surface area (Å²) in [6.07, 6.45) is 1.44. The normalized spacial score (nSPS) is 9.83. The van der Waals surface area contributed by atoms with Gasteiger partial charge in [0.25, 0.3) is 0 Å². The number of nitrogens with zero attached hydrogens (tertiary/aromatic N) is 3. The molecule has 1 aromatic rings. The second-order valence-electron chi connectivity index (χ2n) is 3.69. The summed E-state index contributed by atoms with van der Waals surface area (Å²) in [5, 5.41) is 11.5. The number of thiazole rings is 1. The zero-order valence-electron chi connectivity index (χ0n) is 10.7. The van der Waals surface area contributed by atoms with Gasteiger partial charge in [-0.15, -0.1) is 11.3 Å². The Balaban J connectivity index is 2.55. The maximum atomic E-state index is 11.0. The van der Waals surface area contributed by atoms with Crippen LogP contribution in [0.15, 0.2) is 5.38 Å². The number of carbonyl (C=O) groups is 1. The fraction of sp³-hybridized carbons (Fsp3) is 0.583. The largest absolute Gasteiger partial charge is 0.469 e. The zero-order chi connectivity index (χ0) is 13.4. The number of rotatable bonds is 7. The fourth-order valence-electron chi connectivity index (χ4n) is 1.46. The molecular weight excluding hydrogens is 250 g/mol. The van der Waals surface area contributed by atoms with Gasteiger partial charge < -0.3 is 9.64 Å². The van der Waals surface area contributed by atoms with Gasteiger partial charge in [-0.1, -0.05) is 0 Å². The van der Waals surface area contributed by atoms with Crippen LogP contribution in [0.2, 0.25) is 0 Å². The first kappa shape index (κ1) is 14.5. The Bertz CT molecular complexity index is 425. The third kappa shape index (κ3) is 4.34. The number of anilines is 1. The number of esters is 1. The quantitative estimate of drug-likeness (QED) is 0.707. The summed E-state index contributed by atoms with van der Waals surface area (Å²) in [5.74, 6) is -0.221. The molecule has 0 aliphatic carbocycles. The van der Waals surface area contributed by atoms with Crippen molar-refractivity contribution in [2.24, 2.45) is 0 Å². The van der Waals surface area contributed by atoms with Crippen LogP contribution in [-0.4, -0.2) is 31.2 Å². The van der Waals surface area contributed by atoms with E-state index < -0.39 is 0 Å². The van der Waals surface area contributed by atoms with Crippen LogP contribution in [-0.2, 0) is 16.0 Å². The van der Waals surface area contributed by atoms with Crippen molar-refractivity contribution in [3.05, 3.63) is 11.1 Å². The number of ether oxygens (including phenoxy) is 1. The molecule has 0 atom stereocenters. The van der Waals surface area contributed by atoms with E-state index in [-0.39, 0.29) is 5.97 Å². The highest BCUT2D eigenvalue weighted by Gasteiger charge is 2.10. The third-order valence-corrected chi connectivity index (χ3v) is 3.45. The number of aryl methyl sites for hydroxylation is 1. The molecular formula is C12H17N3O2S. The molecule has 0 N–H and O–H groups in total. The highest BCUT2D eigenvalue weighted by Crippen LogP contribution is 2.21. The van der Waals surface area contributed by atoms with Gasteiger partial charge in [-0.2, -0.15) is 5.26 Å². The number of aromatic nitrogens is 1. The summed E-state index contributed by atoms with van der Waals surface area (Å²) in [6, 6.07) is 2.13. The van der Waals surface area contributed by atoms with Gasteiger partial charge in [0.15, 0.2) is 5.13 Å². The van der Waals surface area contributed by atoms with Crippen molar-refractivity contribution in [3.8, 4) is 6.07 Å². The summed E-state index contributed by atoms with van der Waals surface area (Å²) in [7, 11) is 1.38. The maximum absolute atomic E-state index is 11.0. The van der Waals surface area contributed by atoms with E-state index >= 15 is 0 Å². The third-order valence-electron chi connectivity index (χ3n) is 2.50. The van der Waals surface area contributed by atoms with E-state index in [2.05, 4.69) is 20.7 Å². The summed E-state index contributed by atoms with van der Waals surface area (Å²) >= 11 is 1.55. The number of methoxy groups -OCH3 is 1. The molecule has 0 amide bonds. The number of carbonyl (C=O) groups excluding carboxylic acids is 1. The Hall–Kier alpha value is -1.61. The van der Waals surface area contributed by atoms with Crippen LogP contribution in [0.4, 0.5) is 5.13 Å². The van der Waals surface area contributed by atoms with Crippen LogP contribution in [0, 0.1) is 11.3 Å². The summed E-state index contributed by atoms with van der Waals surface area (Å²) in [4.78, 5) is 17.6. The standard InChI is InChI=1S/C12H17N3O2S/c1-3-15(8-4-7-13)12-14-10(9-18-12)5-6-11(16)17-2/h9H,3-6,8H2,1-2H3. The second kappa shape index (κ2) is 7.67. The Labute approximate surface area is 111 Å². The molecule has 0 spiro atoms. The number of nitriles is 1. The van der Waals surface area contributed by atoms with Crippen molar-refractivity contribution in [1.29, 1.82) is 5.26 Å². The Morgan fingerprint density at radius 2 is 2.44 bits per heavy atom. The molecule has 0 bridgehead atoms. The first-order valence-electron chi connectivity index (χ1n) is 5.84. The first-order chi connectivity index (χ1) is 8.71. The van der Waals surface area contributed by atoms with Gasteiger partial charge in [0, 0.05) is 24.9 Å². The molecule has 1 aromatic heterocycles. The smallest absolute Gasteiger partial charge is 0.305 e. The molecule has 0 saturated carbocycles. The lowest BCUT2D eigenvalue weighted by Gasteiger charge is -2.17. The Morgan fingerprint density at radius 3 is 3.06 bits per heavy atom. The lowest BCUT2D eigenvalue weighted by Crippen LogP contribution is -2.23. The SMILES string of the molecule is CCN(CCC#N)c1nc(CCC(=O)OC)cs1. The molecule has 1 rings (SSSR count). The van der Waals surface area contributed by atoms with Gasteiger partial charge in [0.05, 0.1) is 31.7 Å². The summed E-state index contributed by atoms with van der Waals surface area (Å²) in [5.41, 5.74) is 0.899. The highest BCUT2D eigenvalue weighted by molar-refractivity contribution is 7.13. The van der Waals surface area contributed by atoms with Crippen LogP contribution in [0.1, 0.15) is 25.5 Å². The van der Waals surface area contributed by atoms with Gasteiger partial charge in [-0.25, -0.2) is 4.98 Å². The van der Waals surface area contributed by atoms with E-state index in [1.165, 1.54) is 7.11 Å². The molecule has 1 heterocycles. The van der Waals surface area contributed by atoms with Crippen LogP contribution in [0.5, 0.6) is 0 Å². The minimum absolute atomic E-state index is 0.221. The zero-order valence-corrected chi connectivity index (χ0v) is 11.5. The van der Waals surface area contributed by atoms with Gasteiger partial charge in [0.1, 0.15) is 0 Å². The van der Waals surface area contributed by atoms with Gasteiger partial charge in [0.2, 0.25) is 0 Å². The van der Waals surface area contributed by atoms with Crippen molar-refractivity contribution in [2.75, 3.05) is 25.1 Å². The molecule has 0 radical (unpaired) electrons. The van der Waals surface area contributed by atoms with E-state index in [0.29, 0.717) is 25.8 Å². The van der Waals surface area contributed by atoms with Crippen LogP contribution in [0.3, 0.4) is 0 Å². The molecule has 0 aliphatic heterocycles. The molecule has 18 heavy (non-hydrogen) atoms. The van der Waals surface area contributed by atoms with Gasteiger partial charge >= 0.3 is 5.97 Å². The Morgan fingerprint density at radius 1 is 1.67 bits per heavy atom. The number of hydrogen-bond acceptors (Lipinski definition) is 6. The predicted molar refractivity (Wildman–Crippen MR) is 70.6 cm³/mol. The molecule has 6 heteroatoms. The predicted octanol–water partition coefficient (Wildman–Crippen LogP) is 1.99. The molecule has 0 unspecified atom stereocenters. The van der Waals surface area contributed by atoms with E-state index in [0.717, 1.165) is 17.4 Å². The van der Waals surface area contributed by atoms with Crippen molar-refractivity contribution < 1.29 is 9.53 Å². The molecule has 0 aromatic carbocycles. The van der Waals surface area contributed by atoms with Crippen molar-refractivity contribution in [1.82, 2.24) is 4.98 Å². The van der Waals surface area contributed by atoms with Gasteiger partial charge in [-0.3, -0.25) is 4.79 Å². The van der Waals surface area contributed by atoms with Crippen molar-refractivity contribution in [3.63, 3.8) is 0 Å². The topological polar surface area (TPSA) is 66.2 Å². The molecule has 98 valence electrons. The van der Waals surface area contributed by atoms with E-state index in [9.17, 15) is 4.79 Å².